The first-order valence-electron chi connectivity index (χ1n) is 7.16. The number of amides is 3. The van der Waals surface area contributed by atoms with Crippen molar-refractivity contribution in [2.24, 2.45) is 0 Å². The first-order chi connectivity index (χ1) is 11.3. The summed E-state index contributed by atoms with van der Waals surface area (Å²) < 4.78 is 13.1. The van der Waals surface area contributed by atoms with Crippen molar-refractivity contribution in [1.82, 2.24) is 10.2 Å². The normalized spacial score (nSPS) is 20.4. The molecule has 1 atom stereocenters. The summed E-state index contributed by atoms with van der Waals surface area (Å²) in [4.78, 5) is 26.2. The Balaban J connectivity index is 1.93. The highest BCUT2D eigenvalue weighted by Crippen LogP contribution is 2.34. The van der Waals surface area contributed by atoms with Crippen LogP contribution in [0.25, 0.3) is 0 Å². The number of carbonyl (C=O) groups excluding carboxylic acids is 2. The summed E-state index contributed by atoms with van der Waals surface area (Å²) in [5.74, 6) is -0.928. The molecule has 7 heteroatoms. The maximum Gasteiger partial charge on any atom is 0.325 e. The van der Waals surface area contributed by atoms with Gasteiger partial charge in [0.2, 0.25) is 0 Å². The van der Waals surface area contributed by atoms with Crippen LogP contribution >= 0.6 is 23.2 Å². The fourth-order valence-corrected chi connectivity index (χ4v) is 3.26. The third-order valence-electron chi connectivity index (χ3n) is 4.03. The minimum Gasteiger partial charge on any atom is -0.319 e. The van der Waals surface area contributed by atoms with Gasteiger partial charge >= 0.3 is 6.03 Å². The van der Waals surface area contributed by atoms with Crippen molar-refractivity contribution < 1.29 is 14.0 Å². The lowest BCUT2D eigenvalue weighted by atomic mass is 9.92. The molecule has 1 heterocycles. The fourth-order valence-electron chi connectivity index (χ4n) is 2.71. The van der Waals surface area contributed by atoms with Crippen LogP contribution < -0.4 is 5.32 Å². The molecule has 124 valence electrons. The number of nitrogens with one attached hydrogen (secondary N) is 1. The minimum atomic E-state index is -1.26. The van der Waals surface area contributed by atoms with E-state index < -0.39 is 23.3 Å². The molecule has 0 spiro atoms. The van der Waals surface area contributed by atoms with Crippen molar-refractivity contribution in [3.05, 3.63) is 69.5 Å². The van der Waals surface area contributed by atoms with Gasteiger partial charge in [-0.3, -0.25) is 9.69 Å². The van der Waals surface area contributed by atoms with Crippen LogP contribution in [-0.2, 0) is 16.9 Å². The Morgan fingerprint density at radius 1 is 1.12 bits per heavy atom. The van der Waals surface area contributed by atoms with Gasteiger partial charge in [0.25, 0.3) is 5.91 Å². The molecule has 1 fully saturated rings. The maximum absolute atomic E-state index is 13.1. The number of halogens is 3. The molecular weight excluding hydrogens is 354 g/mol. The van der Waals surface area contributed by atoms with E-state index in [9.17, 15) is 14.0 Å². The number of imide groups is 1. The van der Waals surface area contributed by atoms with Crippen LogP contribution in [0.4, 0.5) is 9.18 Å². The molecule has 0 aromatic heterocycles. The molecule has 2 aromatic carbocycles. The van der Waals surface area contributed by atoms with E-state index in [-0.39, 0.29) is 11.6 Å². The molecule has 1 aliphatic rings. The Hall–Kier alpha value is -2.11. The van der Waals surface area contributed by atoms with Crippen molar-refractivity contribution in [3.63, 3.8) is 0 Å². The SMILES string of the molecule is CC1(c2ccccc2Cl)NC(=O)N(Cc2ccc(F)cc2Cl)C1=O. The number of rotatable bonds is 3. The van der Waals surface area contributed by atoms with Gasteiger partial charge < -0.3 is 5.32 Å². The molecule has 0 aliphatic carbocycles. The van der Waals surface area contributed by atoms with Gasteiger partial charge in [-0.05, 0) is 30.7 Å². The topological polar surface area (TPSA) is 49.4 Å². The Kier molecular flexibility index (Phi) is 4.24. The molecule has 0 bridgehead atoms. The first kappa shape index (κ1) is 16.7. The van der Waals surface area contributed by atoms with Crippen molar-refractivity contribution >= 4 is 35.1 Å². The highest BCUT2D eigenvalue weighted by Gasteiger charge is 2.49. The molecule has 1 unspecified atom stereocenters. The lowest BCUT2D eigenvalue weighted by Crippen LogP contribution is -2.41. The first-order valence-corrected chi connectivity index (χ1v) is 7.91. The molecule has 0 saturated carbocycles. The van der Waals surface area contributed by atoms with E-state index in [1.165, 1.54) is 12.1 Å². The number of hydrogen-bond acceptors (Lipinski definition) is 2. The summed E-state index contributed by atoms with van der Waals surface area (Å²) in [6, 6.07) is 10.1. The molecule has 24 heavy (non-hydrogen) atoms. The second kappa shape index (κ2) is 6.07. The molecule has 1 N–H and O–H groups in total. The summed E-state index contributed by atoms with van der Waals surface area (Å²) in [6.07, 6.45) is 0. The Morgan fingerprint density at radius 3 is 2.50 bits per heavy atom. The zero-order valence-electron chi connectivity index (χ0n) is 12.6. The lowest BCUT2D eigenvalue weighted by Gasteiger charge is -2.23. The Morgan fingerprint density at radius 2 is 1.83 bits per heavy atom. The van der Waals surface area contributed by atoms with Crippen molar-refractivity contribution in [3.8, 4) is 0 Å². The van der Waals surface area contributed by atoms with Gasteiger partial charge in [-0.2, -0.15) is 0 Å². The van der Waals surface area contributed by atoms with Gasteiger partial charge in [-0.1, -0.05) is 47.5 Å². The third kappa shape index (κ3) is 2.74. The third-order valence-corrected chi connectivity index (χ3v) is 4.71. The van der Waals surface area contributed by atoms with E-state index in [1.807, 2.05) is 0 Å². The van der Waals surface area contributed by atoms with Crippen LogP contribution in [0.2, 0.25) is 10.0 Å². The summed E-state index contributed by atoms with van der Waals surface area (Å²) in [5, 5.41) is 3.21. The number of hydrogen-bond donors (Lipinski definition) is 1. The van der Waals surface area contributed by atoms with E-state index in [0.717, 1.165) is 11.0 Å². The van der Waals surface area contributed by atoms with Crippen LogP contribution in [0, 0.1) is 5.82 Å². The Bertz CT molecular complexity index is 843. The van der Waals surface area contributed by atoms with Crippen molar-refractivity contribution in [2.75, 3.05) is 0 Å². The summed E-state index contributed by atoms with van der Waals surface area (Å²) in [7, 11) is 0. The standard InChI is InChI=1S/C17H13Cl2FN2O2/c1-17(12-4-2-3-5-13(12)18)15(23)22(16(24)21-17)9-10-6-7-11(20)8-14(10)19/h2-8H,9H2,1H3,(H,21,24). The van der Waals surface area contributed by atoms with Gasteiger partial charge in [0.05, 0.1) is 6.54 Å². The molecule has 1 aliphatic heterocycles. The fraction of sp³-hybridized carbons (Fsp3) is 0.176. The van der Waals surface area contributed by atoms with E-state index >= 15 is 0 Å². The van der Waals surface area contributed by atoms with Gasteiger partial charge in [0, 0.05) is 15.6 Å². The summed E-state index contributed by atoms with van der Waals surface area (Å²) in [5.41, 5.74) is -0.273. The highest BCUT2D eigenvalue weighted by atomic mass is 35.5. The zero-order chi connectivity index (χ0) is 17.5. The molecule has 1 saturated heterocycles. The smallest absolute Gasteiger partial charge is 0.319 e. The molecule has 3 amide bonds. The second-order valence-corrected chi connectivity index (χ2v) is 6.48. The second-order valence-electron chi connectivity index (χ2n) is 5.66. The van der Waals surface area contributed by atoms with Crippen LogP contribution in [0.1, 0.15) is 18.1 Å². The van der Waals surface area contributed by atoms with Gasteiger partial charge in [0.15, 0.2) is 0 Å². The Labute approximate surface area is 148 Å². The highest BCUT2D eigenvalue weighted by molar-refractivity contribution is 6.32. The number of carbonyl (C=O) groups is 2. The monoisotopic (exact) mass is 366 g/mol. The summed E-state index contributed by atoms with van der Waals surface area (Å²) in [6.45, 7) is 1.55. The largest absolute Gasteiger partial charge is 0.325 e. The molecule has 3 rings (SSSR count). The van der Waals surface area contributed by atoms with E-state index in [1.54, 1.807) is 31.2 Å². The average Bonchev–Trinajstić information content (AvgIpc) is 2.74. The minimum absolute atomic E-state index is 0.0518. The number of urea groups is 1. The van der Waals surface area contributed by atoms with E-state index in [4.69, 9.17) is 23.2 Å². The lowest BCUT2D eigenvalue weighted by molar-refractivity contribution is -0.131. The van der Waals surface area contributed by atoms with Crippen LogP contribution in [0.3, 0.4) is 0 Å². The van der Waals surface area contributed by atoms with Crippen molar-refractivity contribution in [2.45, 2.75) is 19.0 Å². The quantitative estimate of drug-likeness (QED) is 0.831. The zero-order valence-corrected chi connectivity index (χ0v) is 14.2. The predicted octanol–water partition coefficient (Wildman–Crippen LogP) is 4.10. The van der Waals surface area contributed by atoms with E-state index in [0.29, 0.717) is 16.1 Å². The maximum atomic E-state index is 13.1. The molecule has 2 aromatic rings. The molecule has 4 nitrogen and oxygen atoms in total. The van der Waals surface area contributed by atoms with Gasteiger partial charge in [-0.15, -0.1) is 0 Å². The van der Waals surface area contributed by atoms with Crippen LogP contribution in [0.5, 0.6) is 0 Å². The van der Waals surface area contributed by atoms with Gasteiger partial charge in [-0.25, -0.2) is 9.18 Å². The van der Waals surface area contributed by atoms with Crippen LogP contribution in [0.15, 0.2) is 42.5 Å². The van der Waals surface area contributed by atoms with Crippen LogP contribution in [-0.4, -0.2) is 16.8 Å². The van der Waals surface area contributed by atoms with Crippen molar-refractivity contribution in [1.29, 1.82) is 0 Å². The number of benzene rings is 2. The number of nitrogens with zero attached hydrogens (tertiary/aromatic N) is 1. The van der Waals surface area contributed by atoms with E-state index in [2.05, 4.69) is 5.32 Å². The summed E-state index contributed by atoms with van der Waals surface area (Å²) >= 11 is 12.2. The molecular formula is C17H13Cl2FN2O2. The average molecular weight is 367 g/mol. The molecule has 0 radical (unpaired) electrons. The predicted molar refractivity (Wildman–Crippen MR) is 89.3 cm³/mol. The van der Waals surface area contributed by atoms with Gasteiger partial charge in [0.1, 0.15) is 11.4 Å².